The second-order valence-corrected chi connectivity index (χ2v) is 9.00. The number of benzene rings is 1. The fourth-order valence-corrected chi connectivity index (χ4v) is 4.08. The van der Waals surface area contributed by atoms with Crippen LogP contribution in [-0.4, -0.2) is 78.7 Å². The topological polar surface area (TPSA) is 43.8 Å². The van der Waals surface area contributed by atoms with E-state index in [1.54, 1.807) is 4.90 Å². The number of nitrogens with zero attached hydrogens (tertiary/aromatic N) is 4. The van der Waals surface area contributed by atoms with Crippen molar-refractivity contribution in [1.29, 1.82) is 0 Å². The lowest BCUT2D eigenvalue weighted by Gasteiger charge is -2.35. The van der Waals surface area contributed by atoms with Crippen LogP contribution in [-0.2, 0) is 6.54 Å². The van der Waals surface area contributed by atoms with Crippen LogP contribution in [0, 0.1) is 5.92 Å². The van der Waals surface area contributed by atoms with Gasteiger partial charge in [0.05, 0.1) is 0 Å². The van der Waals surface area contributed by atoms with E-state index in [9.17, 15) is 4.79 Å². The summed E-state index contributed by atoms with van der Waals surface area (Å²) in [5.74, 6) is 0.603. The molecule has 29 heavy (non-hydrogen) atoms. The van der Waals surface area contributed by atoms with Gasteiger partial charge in [-0.1, -0.05) is 13.8 Å². The van der Waals surface area contributed by atoms with E-state index in [1.807, 2.05) is 13.1 Å². The first-order valence-electron chi connectivity index (χ1n) is 10.8. The number of aromatic nitrogens is 1. The Bertz CT molecular complexity index is 807. The van der Waals surface area contributed by atoms with E-state index in [2.05, 4.69) is 72.0 Å². The largest absolute Gasteiger partial charge is 0.347 e. The molecule has 1 aliphatic rings. The molecule has 1 aromatic carbocycles. The minimum Gasteiger partial charge on any atom is -0.347 e. The molecule has 1 saturated heterocycles. The van der Waals surface area contributed by atoms with Crippen molar-refractivity contribution in [3.8, 4) is 0 Å². The molecule has 0 unspecified atom stereocenters. The normalized spacial score (nSPS) is 16.1. The summed E-state index contributed by atoms with van der Waals surface area (Å²) < 4.78 is 2.27. The number of carbonyl (C=O) groups excluding carboxylic acids is 1. The maximum absolute atomic E-state index is 12.6. The molecule has 1 N–H and O–H groups in total. The standard InChI is InChI=1S/C23H37N5O/c1-18(2)17-28-13-8-19-16-20(6-7-22(19)28)24-23(29)27(5)15-14-26(4)21-9-11-25(3)12-10-21/h6-8,13,16,18,21H,9-12,14-15,17H2,1-5H3,(H,24,29). The van der Waals surface area contributed by atoms with Gasteiger partial charge in [-0.2, -0.15) is 0 Å². The van der Waals surface area contributed by atoms with E-state index in [1.165, 1.54) is 18.4 Å². The van der Waals surface area contributed by atoms with Crippen LogP contribution < -0.4 is 5.32 Å². The zero-order valence-electron chi connectivity index (χ0n) is 18.7. The fraction of sp³-hybridized carbons (Fsp3) is 0.609. The highest BCUT2D eigenvalue weighted by molar-refractivity contribution is 5.92. The molecule has 6 heteroatoms. The Morgan fingerprint density at radius 1 is 1.17 bits per heavy atom. The Morgan fingerprint density at radius 2 is 1.90 bits per heavy atom. The highest BCUT2D eigenvalue weighted by atomic mass is 16.2. The minimum atomic E-state index is -0.0530. The average Bonchev–Trinajstić information content (AvgIpc) is 3.07. The lowest BCUT2D eigenvalue weighted by molar-refractivity contribution is 0.136. The average molecular weight is 400 g/mol. The molecule has 0 radical (unpaired) electrons. The van der Waals surface area contributed by atoms with Crippen molar-refractivity contribution in [3.63, 3.8) is 0 Å². The molecule has 1 aliphatic heterocycles. The van der Waals surface area contributed by atoms with E-state index in [0.29, 0.717) is 12.0 Å². The maximum atomic E-state index is 12.6. The highest BCUT2D eigenvalue weighted by Gasteiger charge is 2.21. The number of hydrogen-bond acceptors (Lipinski definition) is 3. The summed E-state index contributed by atoms with van der Waals surface area (Å²) in [5.41, 5.74) is 2.06. The van der Waals surface area contributed by atoms with Gasteiger partial charge in [0.1, 0.15) is 0 Å². The minimum absolute atomic E-state index is 0.0530. The number of hydrogen-bond donors (Lipinski definition) is 1. The van der Waals surface area contributed by atoms with Crippen LogP contribution >= 0.6 is 0 Å². The number of amides is 2. The molecule has 6 nitrogen and oxygen atoms in total. The second-order valence-electron chi connectivity index (χ2n) is 9.00. The van der Waals surface area contributed by atoms with Crippen molar-refractivity contribution < 1.29 is 4.79 Å². The Kier molecular flexibility index (Phi) is 7.19. The quantitative estimate of drug-likeness (QED) is 0.770. The molecular weight excluding hydrogens is 362 g/mol. The molecule has 0 saturated carbocycles. The van der Waals surface area contributed by atoms with Crippen LogP contribution in [0.4, 0.5) is 10.5 Å². The zero-order valence-corrected chi connectivity index (χ0v) is 18.7. The predicted octanol–water partition coefficient (Wildman–Crippen LogP) is 3.79. The maximum Gasteiger partial charge on any atom is 0.321 e. The Hall–Kier alpha value is -2.05. The Morgan fingerprint density at radius 3 is 2.59 bits per heavy atom. The highest BCUT2D eigenvalue weighted by Crippen LogP contribution is 2.22. The van der Waals surface area contributed by atoms with Gasteiger partial charge in [0.2, 0.25) is 0 Å². The van der Waals surface area contributed by atoms with E-state index in [4.69, 9.17) is 0 Å². The summed E-state index contributed by atoms with van der Waals surface area (Å²) in [5, 5.41) is 4.21. The number of carbonyl (C=O) groups is 1. The van der Waals surface area contributed by atoms with Crippen molar-refractivity contribution in [2.24, 2.45) is 5.92 Å². The van der Waals surface area contributed by atoms with Crippen LogP contribution in [0.15, 0.2) is 30.5 Å². The third-order valence-electron chi connectivity index (χ3n) is 6.03. The molecule has 0 aliphatic carbocycles. The smallest absolute Gasteiger partial charge is 0.321 e. The fourth-order valence-electron chi connectivity index (χ4n) is 4.08. The van der Waals surface area contributed by atoms with Gasteiger partial charge in [-0.3, -0.25) is 0 Å². The van der Waals surface area contributed by atoms with Gasteiger partial charge in [-0.15, -0.1) is 0 Å². The molecule has 160 valence electrons. The van der Waals surface area contributed by atoms with Gasteiger partial charge < -0.3 is 24.6 Å². The second kappa shape index (κ2) is 9.63. The first kappa shape index (κ1) is 21.7. The SMILES string of the molecule is CC(C)Cn1ccc2cc(NC(=O)N(C)CCN(C)C3CCN(C)CC3)ccc21. The number of likely N-dealkylation sites (tertiary alicyclic amines) is 1. The summed E-state index contributed by atoms with van der Waals surface area (Å²) in [6.07, 6.45) is 4.54. The molecule has 1 fully saturated rings. The molecule has 0 bridgehead atoms. The Labute approximate surface area is 175 Å². The molecule has 1 aromatic heterocycles. The number of fused-ring (bicyclic) bond motifs is 1. The number of anilines is 1. The lowest BCUT2D eigenvalue weighted by Crippen LogP contribution is -2.45. The third kappa shape index (κ3) is 5.73. The summed E-state index contributed by atoms with van der Waals surface area (Å²) in [6.45, 7) is 9.39. The first-order valence-corrected chi connectivity index (χ1v) is 10.8. The number of rotatable bonds is 7. The van der Waals surface area contributed by atoms with Crippen molar-refractivity contribution in [3.05, 3.63) is 30.5 Å². The van der Waals surface area contributed by atoms with Crippen molar-refractivity contribution in [2.75, 3.05) is 52.6 Å². The zero-order chi connectivity index (χ0) is 21.0. The number of likely N-dealkylation sites (N-methyl/N-ethyl adjacent to an activating group) is 2. The lowest BCUT2D eigenvalue weighted by atomic mass is 10.0. The number of nitrogens with one attached hydrogen (secondary N) is 1. The molecule has 3 rings (SSSR count). The number of urea groups is 1. The Balaban J connectivity index is 1.51. The van der Waals surface area contributed by atoms with Gasteiger partial charge in [-0.25, -0.2) is 4.79 Å². The summed E-state index contributed by atoms with van der Waals surface area (Å²) in [4.78, 5) is 19.2. The molecule has 2 aromatic rings. The third-order valence-corrected chi connectivity index (χ3v) is 6.03. The van der Waals surface area contributed by atoms with Crippen LogP contribution in [0.25, 0.3) is 10.9 Å². The summed E-state index contributed by atoms with van der Waals surface area (Å²) in [7, 11) is 6.23. The van der Waals surface area contributed by atoms with Crippen LogP contribution in [0.5, 0.6) is 0 Å². The predicted molar refractivity (Wildman–Crippen MR) is 122 cm³/mol. The van der Waals surface area contributed by atoms with Gasteiger partial charge in [-0.05, 0) is 70.2 Å². The van der Waals surface area contributed by atoms with Crippen molar-refractivity contribution in [1.82, 2.24) is 19.3 Å². The summed E-state index contributed by atoms with van der Waals surface area (Å²) >= 11 is 0. The van der Waals surface area contributed by atoms with Crippen LogP contribution in [0.2, 0.25) is 0 Å². The van der Waals surface area contributed by atoms with Gasteiger partial charge in [0.25, 0.3) is 0 Å². The monoisotopic (exact) mass is 399 g/mol. The van der Waals surface area contributed by atoms with Crippen LogP contribution in [0.3, 0.4) is 0 Å². The van der Waals surface area contributed by atoms with Crippen LogP contribution in [0.1, 0.15) is 26.7 Å². The molecule has 2 amide bonds. The number of piperidine rings is 1. The van der Waals surface area contributed by atoms with Gasteiger partial charge in [0.15, 0.2) is 0 Å². The van der Waals surface area contributed by atoms with Gasteiger partial charge in [0, 0.05) is 55.5 Å². The van der Waals surface area contributed by atoms with E-state index >= 15 is 0 Å². The molecule has 2 heterocycles. The van der Waals surface area contributed by atoms with E-state index in [-0.39, 0.29) is 6.03 Å². The van der Waals surface area contributed by atoms with E-state index in [0.717, 1.165) is 43.8 Å². The molecule has 0 atom stereocenters. The first-order chi connectivity index (χ1) is 13.8. The molecule has 0 spiro atoms. The van der Waals surface area contributed by atoms with Crippen molar-refractivity contribution >= 4 is 22.6 Å². The molecular formula is C23H37N5O. The van der Waals surface area contributed by atoms with E-state index < -0.39 is 0 Å². The summed E-state index contributed by atoms with van der Waals surface area (Å²) in [6, 6.07) is 8.84. The van der Waals surface area contributed by atoms with Gasteiger partial charge >= 0.3 is 6.03 Å². The van der Waals surface area contributed by atoms with Crippen molar-refractivity contribution in [2.45, 2.75) is 39.3 Å².